The number of halogens is 1. The van der Waals surface area contributed by atoms with Gasteiger partial charge in [-0.15, -0.1) is 0 Å². The molecule has 3 N–H and O–H groups in total. The first kappa shape index (κ1) is 17.3. The van der Waals surface area contributed by atoms with Gasteiger partial charge < -0.3 is 16.0 Å². The Bertz CT molecular complexity index is 717. The Morgan fingerprint density at radius 1 is 1.39 bits per heavy atom. The number of nitrogens with zero attached hydrogens (tertiary/aromatic N) is 3. The summed E-state index contributed by atoms with van der Waals surface area (Å²) in [6, 6.07) is 2.05. The highest BCUT2D eigenvalue weighted by atomic mass is 35.5. The number of hydrogen-bond acceptors (Lipinski definition) is 5. The normalized spacial score (nSPS) is 12.2. The lowest BCUT2D eigenvalue weighted by atomic mass is 10.1. The molecule has 0 radical (unpaired) electrons. The Labute approximate surface area is 141 Å². The van der Waals surface area contributed by atoms with Crippen molar-refractivity contribution in [2.75, 3.05) is 11.9 Å². The molecule has 23 heavy (non-hydrogen) atoms. The summed E-state index contributed by atoms with van der Waals surface area (Å²) in [6.45, 7) is 8.86. The lowest BCUT2D eigenvalue weighted by molar-refractivity contribution is 0.663. The van der Waals surface area contributed by atoms with Crippen molar-refractivity contribution in [2.24, 2.45) is 0 Å². The summed E-state index contributed by atoms with van der Waals surface area (Å²) < 4.78 is 1.76. The SMILES string of the molecule is CC(C)N/C(=C\C=N)CNc1cc(Cl)nc2c(C(C)C)cnn12. The van der Waals surface area contributed by atoms with Crippen LogP contribution in [0.2, 0.25) is 5.15 Å². The van der Waals surface area contributed by atoms with E-state index in [-0.39, 0.29) is 0 Å². The smallest absolute Gasteiger partial charge is 0.162 e. The van der Waals surface area contributed by atoms with Crippen LogP contribution in [0.1, 0.15) is 39.2 Å². The Kier molecular flexibility index (Phi) is 5.60. The Hall–Kier alpha value is -2.08. The van der Waals surface area contributed by atoms with E-state index >= 15 is 0 Å². The first-order chi connectivity index (χ1) is 10.9. The van der Waals surface area contributed by atoms with Crippen LogP contribution < -0.4 is 10.6 Å². The van der Waals surface area contributed by atoms with Gasteiger partial charge in [-0.05, 0) is 25.8 Å². The fourth-order valence-electron chi connectivity index (χ4n) is 2.30. The number of hydrogen-bond donors (Lipinski definition) is 3. The van der Waals surface area contributed by atoms with Crippen molar-refractivity contribution in [3.8, 4) is 0 Å². The molecule has 0 aliphatic carbocycles. The van der Waals surface area contributed by atoms with E-state index in [1.807, 2.05) is 6.20 Å². The van der Waals surface area contributed by atoms with Crippen LogP contribution >= 0.6 is 11.6 Å². The number of anilines is 1. The second-order valence-corrected chi connectivity index (χ2v) is 6.35. The van der Waals surface area contributed by atoms with E-state index in [9.17, 15) is 0 Å². The molecule has 0 bridgehead atoms. The lowest BCUT2D eigenvalue weighted by Gasteiger charge is -2.16. The van der Waals surface area contributed by atoms with Crippen LogP contribution in [0, 0.1) is 5.41 Å². The number of rotatable bonds is 7. The van der Waals surface area contributed by atoms with Crippen LogP contribution in [0.5, 0.6) is 0 Å². The molecule has 0 saturated heterocycles. The van der Waals surface area contributed by atoms with Crippen LogP contribution in [0.3, 0.4) is 0 Å². The molecule has 0 aliphatic heterocycles. The largest absolute Gasteiger partial charge is 0.385 e. The third-order valence-corrected chi connectivity index (χ3v) is 3.50. The minimum absolute atomic E-state index is 0.293. The molecule has 124 valence electrons. The number of aromatic nitrogens is 3. The summed E-state index contributed by atoms with van der Waals surface area (Å²) >= 11 is 6.16. The van der Waals surface area contributed by atoms with E-state index < -0.39 is 0 Å². The van der Waals surface area contributed by atoms with Crippen molar-refractivity contribution in [3.63, 3.8) is 0 Å². The molecular weight excluding hydrogens is 312 g/mol. The van der Waals surface area contributed by atoms with Crippen LogP contribution in [0.25, 0.3) is 5.65 Å². The van der Waals surface area contributed by atoms with Crippen molar-refractivity contribution < 1.29 is 0 Å². The van der Waals surface area contributed by atoms with Crippen molar-refractivity contribution in [1.82, 2.24) is 19.9 Å². The van der Waals surface area contributed by atoms with E-state index in [1.165, 1.54) is 6.21 Å². The standard InChI is InChI=1S/C16H23ClN6/c1-10(2)13-9-20-23-15(7-14(17)22-16(13)23)19-8-12(5-6-18)21-11(3)4/h5-7,9-11,18-19,21H,8H2,1-4H3/b12-5-,18-6?. The third-order valence-electron chi connectivity index (χ3n) is 3.31. The minimum atomic E-state index is 0.293. The molecule has 2 aromatic rings. The van der Waals surface area contributed by atoms with E-state index in [2.05, 4.69) is 48.4 Å². The van der Waals surface area contributed by atoms with Gasteiger partial charge in [-0.1, -0.05) is 25.4 Å². The molecule has 0 saturated carbocycles. The maximum absolute atomic E-state index is 7.26. The zero-order valence-corrected chi connectivity index (χ0v) is 14.6. The maximum atomic E-state index is 7.26. The van der Waals surface area contributed by atoms with Crippen molar-refractivity contribution in [2.45, 2.75) is 39.7 Å². The number of allylic oxidation sites excluding steroid dienone is 1. The van der Waals surface area contributed by atoms with Gasteiger partial charge in [-0.2, -0.15) is 9.61 Å². The molecule has 6 nitrogen and oxygen atoms in total. The van der Waals surface area contributed by atoms with Crippen LogP contribution in [-0.2, 0) is 0 Å². The summed E-state index contributed by atoms with van der Waals surface area (Å²) in [5.41, 5.74) is 2.75. The summed E-state index contributed by atoms with van der Waals surface area (Å²) in [5, 5.41) is 18.7. The van der Waals surface area contributed by atoms with Gasteiger partial charge in [-0.25, -0.2) is 4.98 Å². The van der Waals surface area contributed by atoms with Crippen LogP contribution in [0.15, 0.2) is 24.0 Å². The van der Waals surface area contributed by atoms with Gasteiger partial charge in [0.25, 0.3) is 0 Å². The highest BCUT2D eigenvalue weighted by Crippen LogP contribution is 2.23. The predicted octanol–water partition coefficient (Wildman–Crippen LogP) is 3.45. The first-order valence-electron chi connectivity index (χ1n) is 7.66. The minimum Gasteiger partial charge on any atom is -0.385 e. The van der Waals surface area contributed by atoms with Gasteiger partial charge >= 0.3 is 0 Å². The number of nitrogens with one attached hydrogen (secondary N) is 3. The molecule has 0 atom stereocenters. The molecule has 7 heteroatoms. The number of fused-ring (bicyclic) bond motifs is 1. The predicted molar refractivity (Wildman–Crippen MR) is 95.7 cm³/mol. The molecule has 2 heterocycles. The quantitative estimate of drug-likeness (QED) is 0.535. The Morgan fingerprint density at radius 3 is 2.74 bits per heavy atom. The van der Waals surface area contributed by atoms with E-state index in [1.54, 1.807) is 16.7 Å². The topological polar surface area (TPSA) is 78.1 Å². The van der Waals surface area contributed by atoms with Gasteiger partial charge in [0.05, 0.1) is 12.7 Å². The zero-order chi connectivity index (χ0) is 17.0. The Morgan fingerprint density at radius 2 is 2.13 bits per heavy atom. The molecule has 0 unspecified atom stereocenters. The molecule has 0 amide bonds. The molecule has 2 aromatic heterocycles. The Balaban J connectivity index is 2.29. The summed E-state index contributed by atoms with van der Waals surface area (Å²) in [5.74, 6) is 1.09. The average Bonchev–Trinajstić information content (AvgIpc) is 2.87. The van der Waals surface area contributed by atoms with E-state index in [4.69, 9.17) is 17.0 Å². The van der Waals surface area contributed by atoms with Gasteiger partial charge in [0, 0.05) is 29.6 Å². The van der Waals surface area contributed by atoms with E-state index in [0.29, 0.717) is 23.7 Å². The fraction of sp³-hybridized carbons (Fsp3) is 0.438. The van der Waals surface area contributed by atoms with Crippen LogP contribution in [0.4, 0.5) is 5.82 Å². The highest BCUT2D eigenvalue weighted by molar-refractivity contribution is 6.29. The second kappa shape index (κ2) is 7.46. The fourth-order valence-corrected chi connectivity index (χ4v) is 2.48. The van der Waals surface area contributed by atoms with Gasteiger partial charge in [0.1, 0.15) is 11.0 Å². The molecular formula is C16H23ClN6. The summed E-state index contributed by atoms with van der Waals surface area (Å²) in [4.78, 5) is 4.39. The van der Waals surface area contributed by atoms with Gasteiger partial charge in [0.15, 0.2) is 5.65 Å². The molecule has 2 rings (SSSR count). The van der Waals surface area contributed by atoms with Crippen molar-refractivity contribution in [1.29, 1.82) is 5.41 Å². The molecule has 0 spiro atoms. The summed E-state index contributed by atoms with van der Waals surface area (Å²) in [7, 11) is 0. The van der Waals surface area contributed by atoms with Gasteiger partial charge in [0.2, 0.25) is 0 Å². The average molecular weight is 335 g/mol. The monoisotopic (exact) mass is 334 g/mol. The highest BCUT2D eigenvalue weighted by Gasteiger charge is 2.13. The van der Waals surface area contributed by atoms with Crippen molar-refractivity contribution in [3.05, 3.63) is 34.8 Å². The maximum Gasteiger partial charge on any atom is 0.162 e. The van der Waals surface area contributed by atoms with Gasteiger partial charge in [-0.3, -0.25) is 0 Å². The second-order valence-electron chi connectivity index (χ2n) is 5.97. The zero-order valence-electron chi connectivity index (χ0n) is 13.9. The molecule has 0 aromatic carbocycles. The van der Waals surface area contributed by atoms with E-state index in [0.717, 1.165) is 22.7 Å². The first-order valence-corrected chi connectivity index (χ1v) is 8.04. The molecule has 0 fully saturated rings. The van der Waals surface area contributed by atoms with Crippen LogP contribution in [-0.4, -0.2) is 33.4 Å². The molecule has 0 aliphatic rings. The van der Waals surface area contributed by atoms with Crippen molar-refractivity contribution >= 4 is 29.3 Å². The lowest BCUT2D eigenvalue weighted by Crippen LogP contribution is -2.27. The summed E-state index contributed by atoms with van der Waals surface area (Å²) in [6.07, 6.45) is 4.83. The third kappa shape index (κ3) is 4.22.